The van der Waals surface area contributed by atoms with Crippen LogP contribution in [0.1, 0.15) is 5.69 Å². The lowest BCUT2D eigenvalue weighted by Gasteiger charge is -2.36. The average molecular weight is 406 g/mol. The molecule has 138 valence electrons. The molecular formula is C14H21Cl2N7OS. The summed E-state index contributed by atoms with van der Waals surface area (Å²) in [7, 11) is 0. The Balaban J connectivity index is 0.00000113. The molecule has 2 saturated heterocycles. The van der Waals surface area contributed by atoms with Crippen molar-refractivity contribution >= 4 is 54.1 Å². The molecule has 0 aliphatic carbocycles. The second-order valence-electron chi connectivity index (χ2n) is 5.81. The lowest BCUT2D eigenvalue weighted by atomic mass is 10.2. The second-order valence-corrected chi connectivity index (χ2v) is 6.84. The number of piperazine rings is 1. The first kappa shape index (κ1) is 20.0. The van der Waals surface area contributed by atoms with Gasteiger partial charge in [0.2, 0.25) is 5.91 Å². The summed E-state index contributed by atoms with van der Waals surface area (Å²) in [6.45, 7) is 5.02. The lowest BCUT2D eigenvalue weighted by Crippen LogP contribution is -2.54. The topological polar surface area (TPSA) is 78.7 Å². The van der Waals surface area contributed by atoms with Gasteiger partial charge in [0.1, 0.15) is 12.1 Å². The molecule has 4 heterocycles. The summed E-state index contributed by atoms with van der Waals surface area (Å²) in [4.78, 5) is 25.2. The van der Waals surface area contributed by atoms with Gasteiger partial charge in [0.05, 0.1) is 6.04 Å². The minimum atomic E-state index is -0.0169. The van der Waals surface area contributed by atoms with Crippen LogP contribution in [-0.2, 0) is 4.79 Å². The van der Waals surface area contributed by atoms with E-state index in [4.69, 9.17) is 0 Å². The van der Waals surface area contributed by atoms with Crippen molar-refractivity contribution in [3.63, 3.8) is 0 Å². The molecule has 0 aromatic carbocycles. The lowest BCUT2D eigenvalue weighted by molar-refractivity contribution is -0.132. The summed E-state index contributed by atoms with van der Waals surface area (Å²) < 4.78 is 1.76. The van der Waals surface area contributed by atoms with E-state index in [1.54, 1.807) is 16.3 Å². The van der Waals surface area contributed by atoms with Crippen LogP contribution in [0.15, 0.2) is 12.4 Å². The highest BCUT2D eigenvalue weighted by molar-refractivity contribution is 7.99. The molecule has 0 radical (unpaired) electrons. The van der Waals surface area contributed by atoms with Crippen molar-refractivity contribution in [2.45, 2.75) is 13.0 Å². The third-order valence-corrected chi connectivity index (χ3v) is 5.23. The molecule has 8 nitrogen and oxygen atoms in total. The zero-order valence-corrected chi connectivity index (χ0v) is 16.2. The van der Waals surface area contributed by atoms with Crippen LogP contribution >= 0.6 is 36.6 Å². The first-order valence-corrected chi connectivity index (χ1v) is 8.90. The largest absolute Gasteiger partial charge is 0.353 e. The Kier molecular flexibility index (Phi) is 6.72. The minimum Gasteiger partial charge on any atom is -0.353 e. The van der Waals surface area contributed by atoms with Crippen LogP contribution in [0, 0.1) is 6.92 Å². The number of halogens is 2. The molecule has 1 unspecified atom stereocenters. The molecule has 1 atom stereocenters. The van der Waals surface area contributed by atoms with E-state index in [9.17, 15) is 4.79 Å². The van der Waals surface area contributed by atoms with Gasteiger partial charge in [-0.05, 0) is 6.92 Å². The van der Waals surface area contributed by atoms with E-state index in [-0.39, 0.29) is 36.8 Å². The molecule has 2 aromatic heterocycles. The number of hydrogen-bond donors (Lipinski definition) is 1. The number of hydrogen-bond acceptors (Lipinski definition) is 7. The standard InChI is InChI=1S/C14H19N7OS.2ClH/c1-10-6-12(21-14(18-10)15-8-17-21)19-2-4-20(5-3-19)13(22)11-7-23-9-16-11;;/h6,8,11,16H,2-5,7,9H2,1H3;2*1H. The number of carbonyl (C=O) groups excluding carboxylic acids is 1. The Morgan fingerprint density at radius 2 is 2.04 bits per heavy atom. The Morgan fingerprint density at radius 3 is 2.72 bits per heavy atom. The maximum atomic E-state index is 12.5. The predicted molar refractivity (Wildman–Crippen MR) is 103 cm³/mol. The van der Waals surface area contributed by atoms with Gasteiger partial charge in [-0.15, -0.1) is 36.6 Å². The summed E-state index contributed by atoms with van der Waals surface area (Å²) in [5.41, 5.74) is 0.922. The maximum absolute atomic E-state index is 12.5. The molecule has 0 bridgehead atoms. The first-order chi connectivity index (χ1) is 11.2. The van der Waals surface area contributed by atoms with E-state index in [1.807, 2.05) is 17.9 Å². The number of nitrogens with zero attached hydrogens (tertiary/aromatic N) is 6. The SMILES string of the molecule is Cc1cc(N2CCN(C(=O)C3CSCN3)CC2)n2ncnc2n1.Cl.Cl. The van der Waals surface area contributed by atoms with Gasteiger partial charge in [0, 0.05) is 49.6 Å². The van der Waals surface area contributed by atoms with Crippen molar-refractivity contribution in [3.8, 4) is 0 Å². The maximum Gasteiger partial charge on any atom is 0.254 e. The van der Waals surface area contributed by atoms with E-state index in [0.29, 0.717) is 5.78 Å². The van der Waals surface area contributed by atoms with Gasteiger partial charge in [-0.3, -0.25) is 10.1 Å². The van der Waals surface area contributed by atoms with Crippen molar-refractivity contribution in [2.24, 2.45) is 0 Å². The molecule has 25 heavy (non-hydrogen) atoms. The van der Waals surface area contributed by atoms with E-state index < -0.39 is 0 Å². The summed E-state index contributed by atoms with van der Waals surface area (Å²) in [6.07, 6.45) is 1.52. The average Bonchev–Trinajstić information content (AvgIpc) is 3.25. The molecule has 0 spiro atoms. The summed E-state index contributed by atoms with van der Waals surface area (Å²) in [6, 6.07) is 2.01. The number of aryl methyl sites for hydroxylation is 1. The van der Waals surface area contributed by atoms with Gasteiger partial charge >= 0.3 is 0 Å². The fourth-order valence-corrected chi connectivity index (χ4v) is 4.00. The molecule has 2 aromatic rings. The van der Waals surface area contributed by atoms with E-state index in [1.165, 1.54) is 6.33 Å². The Labute approximate surface area is 162 Å². The highest BCUT2D eigenvalue weighted by atomic mass is 35.5. The quantitative estimate of drug-likeness (QED) is 0.782. The van der Waals surface area contributed by atoms with Crippen molar-refractivity contribution < 1.29 is 4.79 Å². The van der Waals surface area contributed by atoms with Gasteiger partial charge in [-0.2, -0.15) is 14.6 Å². The molecule has 4 rings (SSSR count). The third kappa shape index (κ3) is 3.94. The number of aromatic nitrogens is 4. The Hall–Kier alpha value is -1.29. The van der Waals surface area contributed by atoms with Crippen LogP contribution in [-0.4, -0.2) is 74.2 Å². The van der Waals surface area contributed by atoms with Crippen LogP contribution in [0.5, 0.6) is 0 Å². The van der Waals surface area contributed by atoms with Gasteiger partial charge in [0.25, 0.3) is 5.78 Å². The van der Waals surface area contributed by atoms with Crippen molar-refractivity contribution in [2.75, 3.05) is 42.7 Å². The molecule has 0 saturated carbocycles. The van der Waals surface area contributed by atoms with Crippen LogP contribution in [0.2, 0.25) is 0 Å². The minimum absolute atomic E-state index is 0. The van der Waals surface area contributed by atoms with Crippen LogP contribution in [0.4, 0.5) is 5.82 Å². The van der Waals surface area contributed by atoms with Gasteiger partial charge in [-0.1, -0.05) is 0 Å². The zero-order valence-electron chi connectivity index (χ0n) is 13.8. The van der Waals surface area contributed by atoms with E-state index >= 15 is 0 Å². The van der Waals surface area contributed by atoms with Crippen molar-refractivity contribution in [1.82, 2.24) is 29.8 Å². The smallest absolute Gasteiger partial charge is 0.254 e. The summed E-state index contributed by atoms with van der Waals surface area (Å²) >= 11 is 1.78. The Morgan fingerprint density at radius 1 is 1.28 bits per heavy atom. The van der Waals surface area contributed by atoms with Gasteiger partial charge < -0.3 is 9.80 Å². The molecule has 1 N–H and O–H groups in total. The monoisotopic (exact) mass is 405 g/mol. The molecule has 11 heteroatoms. The number of amides is 1. The Bertz CT molecular complexity index is 729. The molecule has 2 fully saturated rings. The highest BCUT2D eigenvalue weighted by Crippen LogP contribution is 2.19. The molecular weight excluding hydrogens is 385 g/mol. The summed E-state index contributed by atoms with van der Waals surface area (Å²) in [5, 5.41) is 7.51. The fraction of sp³-hybridized carbons (Fsp3) is 0.571. The van der Waals surface area contributed by atoms with E-state index in [2.05, 4.69) is 25.3 Å². The van der Waals surface area contributed by atoms with Crippen LogP contribution < -0.4 is 10.2 Å². The predicted octanol–water partition coefficient (Wildman–Crippen LogP) is 0.587. The normalized spacial score (nSPS) is 20.3. The first-order valence-electron chi connectivity index (χ1n) is 7.74. The highest BCUT2D eigenvalue weighted by Gasteiger charge is 2.30. The second kappa shape index (κ2) is 8.39. The number of rotatable bonds is 2. The van der Waals surface area contributed by atoms with Crippen molar-refractivity contribution in [1.29, 1.82) is 0 Å². The number of fused-ring (bicyclic) bond motifs is 1. The molecule has 2 aliphatic rings. The van der Waals surface area contributed by atoms with Gasteiger partial charge in [0.15, 0.2) is 0 Å². The van der Waals surface area contributed by atoms with Gasteiger partial charge in [-0.25, -0.2) is 4.98 Å². The number of anilines is 1. The third-order valence-electron chi connectivity index (χ3n) is 4.29. The fourth-order valence-electron chi connectivity index (χ4n) is 3.07. The van der Waals surface area contributed by atoms with Crippen LogP contribution in [0.25, 0.3) is 5.78 Å². The van der Waals surface area contributed by atoms with E-state index in [0.717, 1.165) is 49.3 Å². The number of carbonyl (C=O) groups is 1. The van der Waals surface area contributed by atoms with Crippen molar-refractivity contribution in [3.05, 3.63) is 18.1 Å². The number of nitrogens with one attached hydrogen (secondary N) is 1. The molecule has 2 aliphatic heterocycles. The molecule has 1 amide bonds. The van der Waals surface area contributed by atoms with Crippen LogP contribution in [0.3, 0.4) is 0 Å². The number of thioether (sulfide) groups is 1. The summed E-state index contributed by atoms with van der Waals surface area (Å²) in [5.74, 6) is 3.59. The zero-order chi connectivity index (χ0) is 15.8.